The molecule has 0 bridgehead atoms. The molecule has 0 saturated carbocycles. The molecule has 0 fully saturated rings. The van der Waals surface area contributed by atoms with E-state index in [1.165, 1.54) is 24.1 Å². The number of hydrogen-bond donors (Lipinski definition) is 2. The highest BCUT2D eigenvalue weighted by molar-refractivity contribution is 7.15. The summed E-state index contributed by atoms with van der Waals surface area (Å²) in [7, 11) is 0. The van der Waals surface area contributed by atoms with Crippen LogP contribution in [-0.4, -0.2) is 16.4 Å². The van der Waals surface area contributed by atoms with Crippen LogP contribution >= 0.6 is 11.3 Å². The van der Waals surface area contributed by atoms with Gasteiger partial charge >= 0.3 is 0 Å². The Balaban J connectivity index is 2.11. The fourth-order valence-electron chi connectivity index (χ4n) is 1.84. The zero-order chi connectivity index (χ0) is 12.5. The van der Waals surface area contributed by atoms with Crippen LogP contribution in [0.2, 0.25) is 0 Å². The summed E-state index contributed by atoms with van der Waals surface area (Å²) >= 11 is 1.59. The lowest BCUT2D eigenvalue weighted by molar-refractivity contribution is -0.120. The maximum absolute atomic E-state index is 11.7. The Morgan fingerprint density at radius 2 is 2.06 bits per heavy atom. The van der Waals surface area contributed by atoms with Gasteiger partial charge in [0.15, 0.2) is 5.13 Å². The molecule has 0 radical (unpaired) electrons. The third-order valence-corrected chi connectivity index (χ3v) is 3.97. The predicted molar refractivity (Wildman–Crippen MR) is 70.3 cm³/mol. The van der Waals surface area contributed by atoms with Crippen molar-refractivity contribution >= 4 is 22.4 Å². The molecule has 0 saturated heterocycles. The molecule has 1 aromatic heterocycles. The molecule has 1 aromatic rings. The minimum atomic E-state index is -0.858. The Labute approximate surface area is 106 Å². The molecular formula is C12H19N3OS. The number of carbonyl (C=O) groups is 1. The molecule has 1 aliphatic carbocycles. The number of aryl methyl sites for hydroxylation is 2. The van der Waals surface area contributed by atoms with Crippen LogP contribution in [-0.2, 0) is 17.6 Å². The minimum Gasteiger partial charge on any atom is -0.318 e. The Kier molecular flexibility index (Phi) is 3.49. The molecule has 4 nitrogen and oxygen atoms in total. The molecule has 0 aliphatic heterocycles. The van der Waals surface area contributed by atoms with Gasteiger partial charge in [0.2, 0.25) is 5.91 Å². The first-order chi connectivity index (χ1) is 7.97. The predicted octanol–water partition coefficient (Wildman–Crippen LogP) is 2.09. The van der Waals surface area contributed by atoms with Crippen molar-refractivity contribution in [2.24, 2.45) is 5.73 Å². The van der Waals surface area contributed by atoms with Crippen LogP contribution in [0.1, 0.15) is 43.7 Å². The van der Waals surface area contributed by atoms with Gasteiger partial charge in [0.05, 0.1) is 11.2 Å². The first-order valence-electron chi connectivity index (χ1n) is 6.06. The number of thiazole rings is 1. The quantitative estimate of drug-likeness (QED) is 0.793. The second-order valence-electron chi connectivity index (χ2n) is 5.13. The number of nitrogens with one attached hydrogen (secondary N) is 1. The lowest BCUT2D eigenvalue weighted by Crippen LogP contribution is -2.45. The van der Waals surface area contributed by atoms with E-state index in [9.17, 15) is 4.79 Å². The Hall–Kier alpha value is -0.940. The Morgan fingerprint density at radius 1 is 1.35 bits per heavy atom. The van der Waals surface area contributed by atoms with E-state index in [4.69, 9.17) is 5.73 Å². The summed E-state index contributed by atoms with van der Waals surface area (Å²) in [5, 5.41) is 3.50. The van der Waals surface area contributed by atoms with Gasteiger partial charge in [0, 0.05) is 4.88 Å². The van der Waals surface area contributed by atoms with Crippen molar-refractivity contribution in [3.8, 4) is 0 Å². The van der Waals surface area contributed by atoms with Gasteiger partial charge in [-0.3, -0.25) is 4.79 Å². The summed E-state index contributed by atoms with van der Waals surface area (Å²) in [6, 6.07) is 0. The SMILES string of the molecule is CC(C)(N)C(=O)Nc1nc2c(s1)CCCCC2. The van der Waals surface area contributed by atoms with Gasteiger partial charge in [0.1, 0.15) is 0 Å². The van der Waals surface area contributed by atoms with E-state index in [0.717, 1.165) is 18.5 Å². The molecule has 17 heavy (non-hydrogen) atoms. The zero-order valence-electron chi connectivity index (χ0n) is 10.4. The lowest BCUT2D eigenvalue weighted by Gasteiger charge is -2.16. The number of nitrogens with zero attached hydrogens (tertiary/aromatic N) is 1. The van der Waals surface area contributed by atoms with E-state index in [0.29, 0.717) is 5.13 Å². The van der Waals surface area contributed by atoms with Gasteiger partial charge < -0.3 is 11.1 Å². The van der Waals surface area contributed by atoms with Crippen molar-refractivity contribution in [2.75, 3.05) is 5.32 Å². The van der Waals surface area contributed by atoms with E-state index >= 15 is 0 Å². The number of rotatable bonds is 2. The number of anilines is 1. The number of amides is 1. The molecule has 0 aromatic carbocycles. The molecule has 1 heterocycles. The highest BCUT2D eigenvalue weighted by atomic mass is 32.1. The first-order valence-corrected chi connectivity index (χ1v) is 6.87. The van der Waals surface area contributed by atoms with Crippen molar-refractivity contribution in [1.29, 1.82) is 0 Å². The number of fused-ring (bicyclic) bond motifs is 1. The monoisotopic (exact) mass is 253 g/mol. The number of nitrogens with two attached hydrogens (primary N) is 1. The summed E-state index contributed by atoms with van der Waals surface area (Å²) in [6.07, 6.45) is 5.83. The normalized spacial score (nSPS) is 16.2. The van der Waals surface area contributed by atoms with E-state index < -0.39 is 5.54 Å². The van der Waals surface area contributed by atoms with Crippen LogP contribution in [0.5, 0.6) is 0 Å². The number of hydrogen-bond acceptors (Lipinski definition) is 4. The Morgan fingerprint density at radius 3 is 2.76 bits per heavy atom. The largest absolute Gasteiger partial charge is 0.318 e. The van der Waals surface area contributed by atoms with E-state index in [2.05, 4.69) is 10.3 Å². The molecule has 0 spiro atoms. The van der Waals surface area contributed by atoms with Crippen LogP contribution in [0, 0.1) is 0 Å². The van der Waals surface area contributed by atoms with Gasteiger partial charge in [-0.25, -0.2) is 4.98 Å². The maximum atomic E-state index is 11.7. The molecule has 0 unspecified atom stereocenters. The standard InChI is InChI=1S/C12H19N3OS/c1-12(2,13)10(16)15-11-14-8-6-4-3-5-7-9(8)17-11/h3-7,13H2,1-2H3,(H,14,15,16). The molecule has 1 amide bonds. The number of carbonyl (C=O) groups excluding carboxylic acids is 1. The van der Waals surface area contributed by atoms with Gasteiger partial charge in [0.25, 0.3) is 0 Å². The van der Waals surface area contributed by atoms with Gasteiger partial charge in [-0.15, -0.1) is 11.3 Å². The summed E-state index contributed by atoms with van der Waals surface area (Å²) in [5.74, 6) is -0.179. The molecule has 0 atom stereocenters. The van der Waals surface area contributed by atoms with E-state index in [1.807, 2.05) is 0 Å². The van der Waals surface area contributed by atoms with Gasteiger partial charge in [-0.1, -0.05) is 6.42 Å². The summed E-state index contributed by atoms with van der Waals surface area (Å²) < 4.78 is 0. The van der Waals surface area contributed by atoms with Crippen molar-refractivity contribution in [1.82, 2.24) is 4.98 Å². The third kappa shape index (κ3) is 3.04. The molecular weight excluding hydrogens is 234 g/mol. The summed E-state index contributed by atoms with van der Waals surface area (Å²) in [6.45, 7) is 3.39. The molecule has 3 N–H and O–H groups in total. The smallest absolute Gasteiger partial charge is 0.245 e. The number of aromatic nitrogens is 1. The summed E-state index contributed by atoms with van der Waals surface area (Å²) in [4.78, 5) is 17.6. The molecule has 5 heteroatoms. The second kappa shape index (κ2) is 4.74. The van der Waals surface area contributed by atoms with Gasteiger partial charge in [-0.05, 0) is 39.5 Å². The summed E-state index contributed by atoms with van der Waals surface area (Å²) in [5.41, 5.74) is 6.05. The van der Waals surface area contributed by atoms with Crippen LogP contribution in [0.25, 0.3) is 0 Å². The molecule has 1 aliphatic rings. The minimum absolute atomic E-state index is 0.179. The lowest BCUT2D eigenvalue weighted by atomic mass is 10.1. The zero-order valence-corrected chi connectivity index (χ0v) is 11.2. The average molecular weight is 253 g/mol. The van der Waals surface area contributed by atoms with E-state index in [1.54, 1.807) is 25.2 Å². The van der Waals surface area contributed by atoms with Gasteiger partial charge in [-0.2, -0.15) is 0 Å². The second-order valence-corrected chi connectivity index (χ2v) is 6.21. The third-order valence-electron chi connectivity index (χ3n) is 2.90. The maximum Gasteiger partial charge on any atom is 0.245 e. The van der Waals surface area contributed by atoms with Crippen molar-refractivity contribution in [3.05, 3.63) is 10.6 Å². The highest BCUT2D eigenvalue weighted by Gasteiger charge is 2.23. The fraction of sp³-hybridized carbons (Fsp3) is 0.667. The van der Waals surface area contributed by atoms with Crippen molar-refractivity contribution in [3.63, 3.8) is 0 Å². The first kappa shape index (κ1) is 12.5. The molecule has 2 rings (SSSR count). The topological polar surface area (TPSA) is 68.0 Å². The van der Waals surface area contributed by atoms with Crippen molar-refractivity contribution in [2.45, 2.75) is 51.5 Å². The average Bonchev–Trinajstić information content (AvgIpc) is 2.47. The van der Waals surface area contributed by atoms with Crippen LogP contribution in [0.4, 0.5) is 5.13 Å². The highest BCUT2D eigenvalue weighted by Crippen LogP contribution is 2.29. The Bertz CT molecular complexity index is 396. The van der Waals surface area contributed by atoms with Crippen LogP contribution < -0.4 is 11.1 Å². The fourth-order valence-corrected chi connectivity index (χ4v) is 2.89. The molecule has 94 valence electrons. The van der Waals surface area contributed by atoms with Crippen LogP contribution in [0.15, 0.2) is 0 Å². The van der Waals surface area contributed by atoms with Crippen molar-refractivity contribution < 1.29 is 4.79 Å². The van der Waals surface area contributed by atoms with Crippen LogP contribution in [0.3, 0.4) is 0 Å². The van der Waals surface area contributed by atoms with E-state index in [-0.39, 0.29) is 5.91 Å².